The molecule has 1 aliphatic heterocycles. The Labute approximate surface area is 180 Å². The van der Waals surface area contributed by atoms with Crippen LogP contribution < -0.4 is 4.74 Å². The van der Waals surface area contributed by atoms with Crippen LogP contribution in [0.2, 0.25) is 0 Å². The van der Waals surface area contributed by atoms with Gasteiger partial charge in [-0.3, -0.25) is 19.3 Å². The van der Waals surface area contributed by atoms with Gasteiger partial charge in [-0.1, -0.05) is 54.6 Å². The molecule has 0 unspecified atom stereocenters. The van der Waals surface area contributed by atoms with Crippen molar-refractivity contribution in [2.45, 2.75) is 12.8 Å². The summed E-state index contributed by atoms with van der Waals surface area (Å²) in [4.78, 5) is 39.6. The molecule has 2 saturated carbocycles. The smallest absolute Gasteiger partial charge is 0.312 e. The zero-order valence-corrected chi connectivity index (χ0v) is 17.0. The monoisotopic (exact) mass is 413 g/mol. The van der Waals surface area contributed by atoms with Gasteiger partial charge in [0, 0.05) is 6.54 Å². The molecule has 6 atom stereocenters. The van der Waals surface area contributed by atoms with E-state index in [0.717, 1.165) is 17.5 Å². The topological polar surface area (TPSA) is 63.7 Å². The molecule has 7 rings (SSSR count). The van der Waals surface area contributed by atoms with Crippen LogP contribution in [0.1, 0.15) is 12.8 Å². The van der Waals surface area contributed by atoms with Crippen LogP contribution in [-0.4, -0.2) is 29.2 Å². The third-order valence-electron chi connectivity index (χ3n) is 7.49. The predicted molar refractivity (Wildman–Crippen MR) is 114 cm³/mol. The van der Waals surface area contributed by atoms with Crippen LogP contribution in [0.5, 0.6) is 5.75 Å². The quantitative estimate of drug-likeness (QED) is 0.325. The lowest BCUT2D eigenvalue weighted by molar-refractivity contribution is -0.141. The van der Waals surface area contributed by atoms with Crippen LogP contribution >= 0.6 is 0 Å². The summed E-state index contributed by atoms with van der Waals surface area (Å²) in [6, 6.07) is 17.3. The van der Waals surface area contributed by atoms with Gasteiger partial charge >= 0.3 is 5.97 Å². The first-order chi connectivity index (χ1) is 15.1. The second-order valence-corrected chi connectivity index (χ2v) is 9.10. The van der Waals surface area contributed by atoms with Crippen molar-refractivity contribution in [1.29, 1.82) is 0 Å². The van der Waals surface area contributed by atoms with Crippen molar-refractivity contribution in [3.63, 3.8) is 0 Å². The van der Waals surface area contributed by atoms with Crippen molar-refractivity contribution in [3.8, 4) is 16.9 Å². The van der Waals surface area contributed by atoms with Crippen molar-refractivity contribution < 1.29 is 19.1 Å². The molecule has 5 heteroatoms. The predicted octanol–water partition coefficient (Wildman–Crippen LogP) is 3.70. The van der Waals surface area contributed by atoms with E-state index in [1.165, 1.54) is 4.90 Å². The Bertz CT molecular complexity index is 1050. The number of esters is 1. The zero-order chi connectivity index (χ0) is 21.1. The van der Waals surface area contributed by atoms with Crippen molar-refractivity contribution in [2.75, 3.05) is 6.54 Å². The molecule has 0 N–H and O–H groups in total. The fourth-order valence-electron chi connectivity index (χ4n) is 5.97. The number of allylic oxidation sites excluding steroid dienone is 2. The number of carbonyl (C=O) groups excluding carboxylic acids is 3. The zero-order valence-electron chi connectivity index (χ0n) is 17.0. The van der Waals surface area contributed by atoms with E-state index in [4.69, 9.17) is 4.74 Å². The highest BCUT2D eigenvalue weighted by atomic mass is 16.5. The summed E-state index contributed by atoms with van der Waals surface area (Å²) in [6.45, 7) is 0.0976. The maximum Gasteiger partial charge on any atom is 0.312 e. The van der Waals surface area contributed by atoms with Crippen molar-refractivity contribution in [1.82, 2.24) is 4.90 Å². The van der Waals surface area contributed by atoms with E-state index in [1.54, 1.807) is 12.1 Å². The number of imide groups is 1. The van der Waals surface area contributed by atoms with E-state index < -0.39 is 5.97 Å². The normalized spacial score (nSPS) is 32.1. The molecule has 3 fully saturated rings. The lowest BCUT2D eigenvalue weighted by Crippen LogP contribution is -2.40. The van der Waals surface area contributed by atoms with Gasteiger partial charge in [0.1, 0.15) is 5.75 Å². The van der Waals surface area contributed by atoms with Crippen LogP contribution in [0.15, 0.2) is 66.7 Å². The SMILES string of the molecule is O=C(CCN1C(=O)[C@@H]2[C@H]3C=C[C@@H]([C@@H]4C[C@@H]34)[C@@H]2C1=O)Oc1ccc(-c2ccccc2)cc1. The molecule has 2 amide bonds. The van der Waals surface area contributed by atoms with E-state index in [1.807, 2.05) is 42.5 Å². The first-order valence-corrected chi connectivity index (χ1v) is 11.0. The number of benzene rings is 2. The highest BCUT2D eigenvalue weighted by Crippen LogP contribution is 2.65. The highest BCUT2D eigenvalue weighted by molar-refractivity contribution is 6.06. The largest absolute Gasteiger partial charge is 0.426 e. The number of carbonyl (C=O) groups is 3. The summed E-state index contributed by atoms with van der Waals surface area (Å²) in [7, 11) is 0. The average Bonchev–Trinajstić information content (AvgIpc) is 3.58. The van der Waals surface area contributed by atoms with Crippen molar-refractivity contribution in [3.05, 3.63) is 66.7 Å². The number of amides is 2. The van der Waals surface area contributed by atoms with Gasteiger partial charge in [0.15, 0.2) is 0 Å². The van der Waals surface area contributed by atoms with Crippen LogP contribution in [0.25, 0.3) is 11.1 Å². The molecule has 2 aromatic carbocycles. The molecule has 5 nitrogen and oxygen atoms in total. The molecule has 0 radical (unpaired) electrons. The number of nitrogens with zero attached hydrogens (tertiary/aromatic N) is 1. The van der Waals surface area contributed by atoms with Crippen molar-refractivity contribution >= 4 is 17.8 Å². The fourth-order valence-corrected chi connectivity index (χ4v) is 5.97. The van der Waals surface area contributed by atoms with Crippen LogP contribution in [0.4, 0.5) is 0 Å². The number of hydrogen-bond acceptors (Lipinski definition) is 4. The Hall–Kier alpha value is -3.21. The molecule has 1 heterocycles. The molecule has 2 aromatic rings. The Morgan fingerprint density at radius 1 is 0.839 bits per heavy atom. The second-order valence-electron chi connectivity index (χ2n) is 9.10. The third kappa shape index (κ3) is 2.94. The molecule has 0 spiro atoms. The Morgan fingerprint density at radius 2 is 1.42 bits per heavy atom. The average molecular weight is 413 g/mol. The van der Waals surface area contributed by atoms with E-state index >= 15 is 0 Å². The van der Waals surface area contributed by atoms with E-state index in [0.29, 0.717) is 17.6 Å². The standard InChI is InChI=1S/C26H23NO4/c28-22(31-17-8-6-16(7-9-17)15-4-2-1-3-5-15)12-13-27-25(29)23-18-10-11-19(21-14-20(18)21)24(23)26(27)30/h1-11,18-21,23-24H,12-14H2/t18-,19-,20-,21-,23-,24+/m0/s1. The van der Waals surface area contributed by atoms with Crippen molar-refractivity contribution in [2.24, 2.45) is 35.5 Å². The van der Waals surface area contributed by atoms with Gasteiger partial charge < -0.3 is 4.74 Å². The van der Waals surface area contributed by atoms with Crippen LogP contribution in [-0.2, 0) is 14.4 Å². The molecule has 4 aliphatic carbocycles. The molecular weight excluding hydrogens is 390 g/mol. The van der Waals surface area contributed by atoms with Gasteiger partial charge in [-0.25, -0.2) is 0 Å². The van der Waals surface area contributed by atoms with Gasteiger partial charge in [-0.15, -0.1) is 0 Å². The number of likely N-dealkylation sites (tertiary alicyclic amines) is 1. The van der Waals surface area contributed by atoms with Gasteiger partial charge in [-0.05, 0) is 53.4 Å². The van der Waals surface area contributed by atoms with Crippen LogP contribution in [0, 0.1) is 35.5 Å². The summed E-state index contributed by atoms with van der Waals surface area (Å²) in [6.07, 6.45) is 5.46. The molecule has 31 heavy (non-hydrogen) atoms. The summed E-state index contributed by atoms with van der Waals surface area (Å²) < 4.78 is 5.43. The first kappa shape index (κ1) is 18.6. The number of ether oxygens (including phenoxy) is 1. The molecule has 1 saturated heterocycles. The van der Waals surface area contributed by atoms with Crippen LogP contribution in [0.3, 0.4) is 0 Å². The molecule has 156 valence electrons. The first-order valence-electron chi connectivity index (χ1n) is 11.0. The number of hydrogen-bond donors (Lipinski definition) is 0. The summed E-state index contributed by atoms with van der Waals surface area (Å²) >= 11 is 0. The molecule has 5 aliphatic rings. The van der Waals surface area contributed by atoms with Gasteiger partial charge in [0.05, 0.1) is 18.3 Å². The highest BCUT2D eigenvalue weighted by Gasteiger charge is 2.66. The maximum atomic E-state index is 13.0. The Kier molecular flexibility index (Phi) is 4.13. The van der Waals surface area contributed by atoms with Gasteiger partial charge in [-0.2, -0.15) is 0 Å². The summed E-state index contributed by atoms with van der Waals surface area (Å²) in [5, 5.41) is 0. The minimum absolute atomic E-state index is 0.00692. The molecule has 0 aromatic heterocycles. The lowest BCUT2D eigenvalue weighted by atomic mass is 9.63. The number of rotatable bonds is 5. The Morgan fingerprint density at radius 3 is 2.03 bits per heavy atom. The second kappa shape index (κ2) is 6.91. The molecular formula is C26H23NO4. The third-order valence-corrected chi connectivity index (χ3v) is 7.49. The van der Waals surface area contributed by atoms with Gasteiger partial charge in [0.25, 0.3) is 0 Å². The van der Waals surface area contributed by atoms with E-state index in [-0.39, 0.29) is 48.5 Å². The lowest BCUT2D eigenvalue weighted by Gasteiger charge is -2.37. The molecule has 2 bridgehead atoms. The summed E-state index contributed by atoms with van der Waals surface area (Å²) in [5.41, 5.74) is 2.13. The Balaban J connectivity index is 1.08. The maximum absolute atomic E-state index is 13.0. The fraction of sp³-hybridized carbons (Fsp3) is 0.346. The minimum atomic E-state index is -0.438. The minimum Gasteiger partial charge on any atom is -0.426 e. The van der Waals surface area contributed by atoms with E-state index in [9.17, 15) is 14.4 Å². The van der Waals surface area contributed by atoms with E-state index in [2.05, 4.69) is 12.2 Å². The van der Waals surface area contributed by atoms with Gasteiger partial charge in [0.2, 0.25) is 11.8 Å². The summed E-state index contributed by atoms with van der Waals surface area (Å²) in [5.74, 6) is 0.966.